The standard InChI is InChI=1S/C17H29N3O3/c1-6-20-14(9-12(2)18-20)10-13-11-19(8-7-15(13)21)16(22)23-17(3,4)5/h9,13,15,21H,6-8,10-11H2,1-5H3. The molecule has 6 nitrogen and oxygen atoms in total. The van der Waals surface area contributed by atoms with Gasteiger partial charge in [0.25, 0.3) is 0 Å². The highest BCUT2D eigenvalue weighted by atomic mass is 16.6. The summed E-state index contributed by atoms with van der Waals surface area (Å²) < 4.78 is 7.41. The Morgan fingerprint density at radius 1 is 1.48 bits per heavy atom. The number of likely N-dealkylation sites (tertiary alicyclic amines) is 1. The molecule has 6 heteroatoms. The van der Waals surface area contributed by atoms with Gasteiger partial charge >= 0.3 is 6.09 Å². The Morgan fingerprint density at radius 3 is 2.78 bits per heavy atom. The van der Waals surface area contributed by atoms with E-state index in [1.54, 1.807) is 4.90 Å². The minimum atomic E-state index is -0.499. The van der Waals surface area contributed by atoms with Crippen LogP contribution in [0.3, 0.4) is 0 Å². The molecule has 1 saturated heterocycles. The Morgan fingerprint density at radius 2 is 2.17 bits per heavy atom. The normalized spacial score (nSPS) is 22.3. The smallest absolute Gasteiger partial charge is 0.410 e. The molecule has 1 aromatic rings. The van der Waals surface area contributed by atoms with Crippen molar-refractivity contribution in [3.8, 4) is 0 Å². The van der Waals surface area contributed by atoms with E-state index in [9.17, 15) is 9.90 Å². The molecule has 1 aromatic heterocycles. The Balaban J connectivity index is 2.04. The fourth-order valence-corrected chi connectivity index (χ4v) is 3.02. The van der Waals surface area contributed by atoms with Gasteiger partial charge in [0.1, 0.15) is 5.60 Å². The van der Waals surface area contributed by atoms with Gasteiger partial charge in [0, 0.05) is 31.2 Å². The van der Waals surface area contributed by atoms with Crippen molar-refractivity contribution in [2.75, 3.05) is 13.1 Å². The van der Waals surface area contributed by atoms with E-state index in [1.165, 1.54) is 0 Å². The first-order chi connectivity index (χ1) is 10.7. The summed E-state index contributed by atoms with van der Waals surface area (Å²) >= 11 is 0. The molecule has 1 N–H and O–H groups in total. The lowest BCUT2D eigenvalue weighted by Gasteiger charge is -2.37. The van der Waals surface area contributed by atoms with Gasteiger partial charge in [-0.1, -0.05) is 0 Å². The van der Waals surface area contributed by atoms with Crippen LogP contribution in [0.5, 0.6) is 0 Å². The predicted molar refractivity (Wildman–Crippen MR) is 88.3 cm³/mol. The summed E-state index contributed by atoms with van der Waals surface area (Å²) in [4.78, 5) is 14.0. The summed E-state index contributed by atoms with van der Waals surface area (Å²) in [7, 11) is 0. The van der Waals surface area contributed by atoms with Crippen LogP contribution in [0.2, 0.25) is 0 Å². The zero-order chi connectivity index (χ0) is 17.2. The number of aryl methyl sites for hydroxylation is 2. The van der Waals surface area contributed by atoms with Gasteiger partial charge in [-0.05, 0) is 53.5 Å². The van der Waals surface area contributed by atoms with Gasteiger partial charge < -0.3 is 14.7 Å². The van der Waals surface area contributed by atoms with Gasteiger partial charge in [-0.25, -0.2) is 4.79 Å². The number of amides is 1. The van der Waals surface area contributed by atoms with Gasteiger partial charge in [0.05, 0.1) is 11.8 Å². The molecule has 0 radical (unpaired) electrons. The number of aliphatic hydroxyl groups is 1. The average molecular weight is 323 g/mol. The molecule has 1 amide bonds. The number of aliphatic hydroxyl groups excluding tert-OH is 1. The van der Waals surface area contributed by atoms with E-state index in [-0.39, 0.29) is 12.0 Å². The Hall–Kier alpha value is -1.56. The number of nitrogens with zero attached hydrogens (tertiary/aromatic N) is 3. The summed E-state index contributed by atoms with van der Waals surface area (Å²) in [6.07, 6.45) is 0.613. The second-order valence-electron chi connectivity index (χ2n) is 7.34. The van der Waals surface area contributed by atoms with Crippen molar-refractivity contribution < 1.29 is 14.6 Å². The Labute approximate surface area is 138 Å². The molecule has 0 aliphatic carbocycles. The molecule has 23 heavy (non-hydrogen) atoms. The van der Waals surface area contributed by atoms with Crippen LogP contribution in [-0.4, -0.2) is 50.7 Å². The van der Waals surface area contributed by atoms with Gasteiger partial charge in [-0.2, -0.15) is 5.10 Å². The molecule has 2 rings (SSSR count). The predicted octanol–water partition coefficient (Wildman–Crippen LogP) is 2.37. The highest BCUT2D eigenvalue weighted by Crippen LogP contribution is 2.23. The third-order valence-corrected chi connectivity index (χ3v) is 4.10. The van der Waals surface area contributed by atoms with Crippen LogP contribution >= 0.6 is 0 Å². The Kier molecular flexibility index (Phi) is 5.34. The number of rotatable bonds is 3. The van der Waals surface area contributed by atoms with Crippen LogP contribution in [0.4, 0.5) is 4.79 Å². The van der Waals surface area contributed by atoms with Crippen LogP contribution < -0.4 is 0 Å². The van der Waals surface area contributed by atoms with E-state index >= 15 is 0 Å². The highest BCUT2D eigenvalue weighted by molar-refractivity contribution is 5.68. The molecule has 2 heterocycles. The topological polar surface area (TPSA) is 67.6 Å². The summed E-state index contributed by atoms with van der Waals surface area (Å²) in [5.41, 5.74) is 1.59. The van der Waals surface area contributed by atoms with Crippen LogP contribution in [-0.2, 0) is 17.7 Å². The zero-order valence-electron chi connectivity index (χ0n) is 14.9. The first-order valence-corrected chi connectivity index (χ1v) is 8.39. The number of aromatic nitrogens is 2. The number of piperidine rings is 1. The first-order valence-electron chi connectivity index (χ1n) is 8.39. The van der Waals surface area contributed by atoms with Gasteiger partial charge in [-0.15, -0.1) is 0 Å². The third kappa shape index (κ3) is 4.70. The number of hydrogen-bond donors (Lipinski definition) is 1. The van der Waals surface area contributed by atoms with E-state index in [2.05, 4.69) is 18.1 Å². The van der Waals surface area contributed by atoms with Crippen molar-refractivity contribution in [2.45, 2.75) is 65.7 Å². The number of ether oxygens (including phenoxy) is 1. The minimum Gasteiger partial charge on any atom is -0.444 e. The highest BCUT2D eigenvalue weighted by Gasteiger charge is 2.33. The molecule has 0 spiro atoms. The van der Waals surface area contributed by atoms with E-state index < -0.39 is 11.7 Å². The second-order valence-corrected chi connectivity index (χ2v) is 7.34. The van der Waals surface area contributed by atoms with Crippen molar-refractivity contribution in [2.24, 2.45) is 5.92 Å². The van der Waals surface area contributed by atoms with Crippen molar-refractivity contribution >= 4 is 6.09 Å². The van der Waals surface area contributed by atoms with Crippen molar-refractivity contribution in [3.63, 3.8) is 0 Å². The average Bonchev–Trinajstić information content (AvgIpc) is 2.79. The minimum absolute atomic E-state index is 0.0117. The summed E-state index contributed by atoms with van der Waals surface area (Å²) in [6, 6.07) is 2.06. The van der Waals surface area contributed by atoms with Crippen molar-refractivity contribution in [1.82, 2.24) is 14.7 Å². The van der Waals surface area contributed by atoms with Gasteiger partial charge in [0.2, 0.25) is 0 Å². The molecule has 1 aliphatic heterocycles. The molecule has 0 bridgehead atoms. The maximum Gasteiger partial charge on any atom is 0.410 e. The van der Waals surface area contributed by atoms with Gasteiger partial charge in [0.15, 0.2) is 0 Å². The third-order valence-electron chi connectivity index (χ3n) is 4.10. The lowest BCUT2D eigenvalue weighted by molar-refractivity contribution is -0.00857. The number of carbonyl (C=O) groups is 1. The Bertz CT molecular complexity index is 548. The molecule has 1 fully saturated rings. The fourth-order valence-electron chi connectivity index (χ4n) is 3.02. The van der Waals surface area contributed by atoms with E-state index in [0.717, 1.165) is 24.4 Å². The molecular formula is C17H29N3O3. The molecule has 0 aromatic carbocycles. The summed E-state index contributed by atoms with van der Waals surface area (Å²) in [6.45, 7) is 11.5. The first kappa shape index (κ1) is 17.8. The monoisotopic (exact) mass is 323 g/mol. The molecule has 130 valence electrons. The van der Waals surface area contributed by atoms with Gasteiger partial charge in [-0.3, -0.25) is 4.68 Å². The van der Waals surface area contributed by atoms with E-state index in [1.807, 2.05) is 32.4 Å². The quantitative estimate of drug-likeness (QED) is 0.927. The SMILES string of the molecule is CCn1nc(C)cc1CC1CN(C(=O)OC(C)(C)C)CCC1O. The molecule has 0 saturated carbocycles. The fraction of sp³-hybridized carbons (Fsp3) is 0.765. The maximum atomic E-state index is 12.3. The van der Waals surface area contributed by atoms with Crippen LogP contribution in [0.1, 0.15) is 45.5 Å². The van der Waals surface area contributed by atoms with Crippen LogP contribution in [0.25, 0.3) is 0 Å². The molecule has 2 unspecified atom stereocenters. The van der Waals surface area contributed by atoms with E-state index in [4.69, 9.17) is 4.74 Å². The number of carbonyl (C=O) groups excluding carboxylic acids is 1. The summed E-state index contributed by atoms with van der Waals surface area (Å²) in [5.74, 6) is 0.0117. The van der Waals surface area contributed by atoms with Crippen LogP contribution in [0, 0.1) is 12.8 Å². The van der Waals surface area contributed by atoms with Crippen molar-refractivity contribution in [3.05, 3.63) is 17.5 Å². The lowest BCUT2D eigenvalue weighted by atomic mass is 9.90. The summed E-state index contributed by atoms with van der Waals surface area (Å²) in [5, 5.41) is 14.8. The van der Waals surface area contributed by atoms with E-state index in [0.29, 0.717) is 19.5 Å². The lowest BCUT2D eigenvalue weighted by Crippen LogP contribution is -2.48. The van der Waals surface area contributed by atoms with Crippen LogP contribution in [0.15, 0.2) is 6.07 Å². The maximum absolute atomic E-state index is 12.3. The molecular weight excluding hydrogens is 294 g/mol. The second kappa shape index (κ2) is 6.91. The largest absolute Gasteiger partial charge is 0.444 e. The molecule has 1 aliphatic rings. The number of hydrogen-bond acceptors (Lipinski definition) is 4. The zero-order valence-corrected chi connectivity index (χ0v) is 14.9. The molecule has 2 atom stereocenters. The van der Waals surface area contributed by atoms with Crippen molar-refractivity contribution in [1.29, 1.82) is 0 Å².